The molecular weight excluding hydrogens is 450 g/mol. The van der Waals surface area contributed by atoms with Gasteiger partial charge in [-0.3, -0.25) is 19.4 Å². The molecule has 9 N–H and O–H groups in total. The largest absolute Gasteiger partial charge is 0.480 e. The lowest BCUT2D eigenvalue weighted by atomic mass is 9.98. The van der Waals surface area contributed by atoms with Crippen LogP contribution in [0.25, 0.3) is 0 Å². The molecule has 1 aliphatic rings. The van der Waals surface area contributed by atoms with Crippen molar-refractivity contribution in [3.8, 4) is 0 Å². The molecule has 0 bridgehead atoms. The summed E-state index contributed by atoms with van der Waals surface area (Å²) >= 11 is 4.12. The average Bonchev–Trinajstić information content (AvgIpc) is 3.27. The molecule has 3 amide bonds. The minimum atomic E-state index is -1.22. The van der Waals surface area contributed by atoms with Crippen molar-refractivity contribution in [2.24, 2.45) is 28.1 Å². The molecule has 1 heterocycles. The number of hydrogen-bond donors (Lipinski definition) is 7. The smallest absolute Gasteiger partial charge is 0.326 e. The molecule has 0 saturated carbocycles. The van der Waals surface area contributed by atoms with Gasteiger partial charge in [0, 0.05) is 18.8 Å². The fourth-order valence-corrected chi connectivity index (χ4v) is 3.74. The lowest BCUT2D eigenvalue weighted by molar-refractivity contribution is -0.143. The van der Waals surface area contributed by atoms with Crippen LogP contribution in [0.2, 0.25) is 0 Å². The van der Waals surface area contributed by atoms with Crippen molar-refractivity contribution in [2.45, 2.75) is 70.1 Å². The zero-order chi connectivity index (χ0) is 25.1. The number of carbonyl (C=O) groups is 4. The van der Waals surface area contributed by atoms with Gasteiger partial charge in [-0.05, 0) is 31.6 Å². The van der Waals surface area contributed by atoms with Crippen LogP contribution in [-0.4, -0.2) is 82.7 Å². The van der Waals surface area contributed by atoms with Crippen molar-refractivity contribution in [2.75, 3.05) is 18.8 Å². The SMILES string of the molecule is CCC(C)C(N)C(=O)N1CCCC1C(=O)NC(CS)C(=O)NC(CCCN=C(N)N)C(=O)O. The molecule has 12 nitrogen and oxygen atoms in total. The van der Waals surface area contributed by atoms with Crippen molar-refractivity contribution in [1.29, 1.82) is 0 Å². The summed E-state index contributed by atoms with van der Waals surface area (Å²) in [5.41, 5.74) is 16.5. The van der Waals surface area contributed by atoms with Gasteiger partial charge in [0.15, 0.2) is 5.96 Å². The van der Waals surface area contributed by atoms with E-state index in [4.69, 9.17) is 17.2 Å². The topological polar surface area (TPSA) is 206 Å². The highest BCUT2D eigenvalue weighted by Crippen LogP contribution is 2.20. The van der Waals surface area contributed by atoms with Crippen LogP contribution < -0.4 is 27.8 Å². The summed E-state index contributed by atoms with van der Waals surface area (Å²) in [6.45, 7) is 4.45. The number of aliphatic imine (C=N–C) groups is 1. The molecule has 13 heteroatoms. The van der Waals surface area contributed by atoms with Gasteiger partial charge in [-0.25, -0.2) is 4.79 Å². The van der Waals surface area contributed by atoms with Crippen LogP contribution in [0.4, 0.5) is 0 Å². The molecule has 1 saturated heterocycles. The van der Waals surface area contributed by atoms with Gasteiger partial charge < -0.3 is 37.8 Å². The summed E-state index contributed by atoms with van der Waals surface area (Å²) in [6.07, 6.45) is 2.27. The fourth-order valence-electron chi connectivity index (χ4n) is 3.49. The molecular formula is C20H37N7O5S. The number of hydrogen-bond acceptors (Lipinski definition) is 7. The Hall–Kier alpha value is -2.54. The lowest BCUT2D eigenvalue weighted by Gasteiger charge is -2.30. The minimum absolute atomic E-state index is 0.0299. The van der Waals surface area contributed by atoms with E-state index in [-0.39, 0.29) is 36.5 Å². The molecule has 0 spiro atoms. The molecule has 0 aromatic rings. The summed E-state index contributed by atoms with van der Waals surface area (Å²) in [5.74, 6) is -2.87. The van der Waals surface area contributed by atoms with Gasteiger partial charge in [-0.15, -0.1) is 0 Å². The Morgan fingerprint density at radius 3 is 2.42 bits per heavy atom. The van der Waals surface area contributed by atoms with E-state index in [2.05, 4.69) is 28.3 Å². The predicted octanol–water partition coefficient (Wildman–Crippen LogP) is -1.61. The molecule has 5 unspecified atom stereocenters. The monoisotopic (exact) mass is 487 g/mol. The van der Waals surface area contributed by atoms with E-state index >= 15 is 0 Å². The summed E-state index contributed by atoms with van der Waals surface area (Å²) < 4.78 is 0. The minimum Gasteiger partial charge on any atom is -0.480 e. The number of rotatable bonds is 13. The van der Waals surface area contributed by atoms with Gasteiger partial charge in [0.2, 0.25) is 17.7 Å². The number of nitrogens with zero attached hydrogens (tertiary/aromatic N) is 2. The van der Waals surface area contributed by atoms with Crippen LogP contribution >= 0.6 is 12.6 Å². The zero-order valence-corrected chi connectivity index (χ0v) is 20.1. The van der Waals surface area contributed by atoms with E-state index in [1.54, 1.807) is 0 Å². The molecule has 0 aliphatic carbocycles. The molecule has 1 fully saturated rings. The second kappa shape index (κ2) is 13.9. The number of carbonyl (C=O) groups excluding carboxylic acids is 3. The van der Waals surface area contributed by atoms with Crippen molar-refractivity contribution >= 4 is 42.3 Å². The van der Waals surface area contributed by atoms with Gasteiger partial charge >= 0.3 is 5.97 Å². The van der Waals surface area contributed by atoms with Crippen LogP contribution in [-0.2, 0) is 19.2 Å². The van der Waals surface area contributed by atoms with Gasteiger partial charge in [-0.1, -0.05) is 20.3 Å². The molecule has 1 aliphatic heterocycles. The van der Waals surface area contributed by atoms with Crippen molar-refractivity contribution in [3.63, 3.8) is 0 Å². The number of amides is 3. The van der Waals surface area contributed by atoms with Gasteiger partial charge in [-0.2, -0.15) is 12.6 Å². The van der Waals surface area contributed by atoms with E-state index in [0.717, 1.165) is 6.42 Å². The Kier molecular flexibility index (Phi) is 12.0. The number of aliphatic carboxylic acids is 1. The van der Waals surface area contributed by atoms with Gasteiger partial charge in [0.1, 0.15) is 18.1 Å². The number of guanidine groups is 1. The quantitative estimate of drug-likeness (QED) is 0.0694. The van der Waals surface area contributed by atoms with E-state index in [1.807, 2.05) is 13.8 Å². The standard InChI is InChI=1S/C20H37N7O5S/c1-3-11(2)15(21)18(30)27-9-5-7-14(27)17(29)26-13(10-33)16(28)25-12(19(31)32)6-4-8-24-20(22)23/h11-15,33H,3-10,21H2,1-2H3,(H,25,28)(H,26,29)(H,31,32)(H4,22,23,24). The van der Waals surface area contributed by atoms with Crippen LogP contribution in [0, 0.1) is 5.92 Å². The maximum atomic E-state index is 12.9. The highest BCUT2D eigenvalue weighted by atomic mass is 32.1. The van der Waals surface area contributed by atoms with Gasteiger partial charge in [0.05, 0.1) is 6.04 Å². The number of nitrogens with one attached hydrogen (secondary N) is 2. The number of carboxylic acid groups (broad SMARTS) is 1. The molecule has 5 atom stereocenters. The third kappa shape index (κ3) is 8.72. The Balaban J connectivity index is 2.75. The molecule has 0 aromatic carbocycles. The maximum absolute atomic E-state index is 12.9. The summed E-state index contributed by atoms with van der Waals surface area (Å²) in [4.78, 5) is 55.0. The molecule has 33 heavy (non-hydrogen) atoms. The van der Waals surface area contributed by atoms with E-state index in [9.17, 15) is 24.3 Å². The van der Waals surface area contributed by atoms with E-state index < -0.39 is 42.0 Å². The number of nitrogens with two attached hydrogens (primary N) is 3. The molecule has 1 rings (SSSR count). The normalized spacial score (nSPS) is 19.2. The fraction of sp³-hybridized carbons (Fsp3) is 0.750. The Morgan fingerprint density at radius 2 is 1.88 bits per heavy atom. The van der Waals surface area contributed by atoms with Crippen molar-refractivity contribution < 1.29 is 24.3 Å². The third-order valence-corrected chi connectivity index (χ3v) is 6.12. The maximum Gasteiger partial charge on any atom is 0.326 e. The predicted molar refractivity (Wildman–Crippen MR) is 127 cm³/mol. The first kappa shape index (κ1) is 28.5. The number of thiol groups is 1. The first-order chi connectivity index (χ1) is 15.5. The third-order valence-electron chi connectivity index (χ3n) is 5.76. The first-order valence-corrected chi connectivity index (χ1v) is 11.7. The summed E-state index contributed by atoms with van der Waals surface area (Å²) in [6, 6.07) is -3.69. The Labute approximate surface area is 199 Å². The lowest BCUT2D eigenvalue weighted by Crippen LogP contribution is -2.57. The molecule has 0 radical (unpaired) electrons. The second-order valence-electron chi connectivity index (χ2n) is 8.19. The van der Waals surface area contributed by atoms with E-state index in [1.165, 1.54) is 4.90 Å². The first-order valence-electron chi connectivity index (χ1n) is 11.1. The second-order valence-corrected chi connectivity index (χ2v) is 8.56. The number of likely N-dealkylation sites (tertiary alicyclic amines) is 1. The summed E-state index contributed by atoms with van der Waals surface area (Å²) in [5, 5.41) is 14.4. The summed E-state index contributed by atoms with van der Waals surface area (Å²) in [7, 11) is 0. The highest BCUT2D eigenvalue weighted by Gasteiger charge is 2.38. The van der Waals surface area contributed by atoms with Crippen molar-refractivity contribution in [1.82, 2.24) is 15.5 Å². The average molecular weight is 488 g/mol. The molecule has 0 aromatic heterocycles. The van der Waals surface area contributed by atoms with E-state index in [0.29, 0.717) is 25.8 Å². The van der Waals surface area contributed by atoms with Crippen molar-refractivity contribution in [3.05, 3.63) is 0 Å². The van der Waals surface area contributed by atoms with Gasteiger partial charge in [0.25, 0.3) is 0 Å². The zero-order valence-electron chi connectivity index (χ0n) is 19.2. The van der Waals surface area contributed by atoms with Crippen LogP contribution in [0.5, 0.6) is 0 Å². The van der Waals surface area contributed by atoms with Crippen LogP contribution in [0.15, 0.2) is 4.99 Å². The van der Waals surface area contributed by atoms with Crippen LogP contribution in [0.3, 0.4) is 0 Å². The number of carboxylic acids is 1. The Bertz CT molecular complexity index is 732. The Morgan fingerprint density at radius 1 is 1.21 bits per heavy atom. The van der Waals surface area contributed by atoms with Crippen LogP contribution in [0.1, 0.15) is 46.0 Å². The molecule has 188 valence electrons. The highest BCUT2D eigenvalue weighted by molar-refractivity contribution is 7.80.